The quantitative estimate of drug-likeness (QED) is 0.0671. The van der Waals surface area contributed by atoms with Gasteiger partial charge in [-0.25, -0.2) is 0 Å². The Morgan fingerprint density at radius 3 is 0.700 bits per heavy atom. The first-order chi connectivity index (χ1) is 31.4. The Hall–Kier alpha value is -2.65. The van der Waals surface area contributed by atoms with E-state index in [9.17, 15) is 0 Å². The van der Waals surface area contributed by atoms with Crippen molar-refractivity contribution >= 4 is 0 Å². The number of benzene rings is 4. The summed E-state index contributed by atoms with van der Waals surface area (Å²) in [5.41, 5.74) is 4.29. The van der Waals surface area contributed by atoms with E-state index in [1.807, 2.05) is 133 Å². The Morgan fingerprint density at radius 1 is 0.329 bits per heavy atom. The van der Waals surface area contributed by atoms with E-state index in [0.29, 0.717) is 0 Å². The molecule has 0 unspecified atom stereocenters. The molecule has 0 aromatic heterocycles. The van der Waals surface area contributed by atoms with Crippen molar-refractivity contribution in [1.29, 1.82) is 0 Å². The van der Waals surface area contributed by atoms with Gasteiger partial charge in [-0.1, -0.05) is 164 Å². The van der Waals surface area contributed by atoms with Gasteiger partial charge in [-0.3, -0.25) is 0 Å². The van der Waals surface area contributed by atoms with Crippen LogP contribution < -0.4 is 0 Å². The van der Waals surface area contributed by atoms with Crippen molar-refractivity contribution in [2.45, 2.75) is 167 Å². The molecule has 0 atom stereocenters. The molecule has 2 heteroatoms. The molecule has 0 saturated heterocycles. The molecule has 4 aromatic carbocycles. The van der Waals surface area contributed by atoms with Crippen LogP contribution in [0.2, 0.25) is 0 Å². The minimum atomic E-state index is 0. The van der Waals surface area contributed by atoms with Crippen LogP contribution in [0.5, 0.6) is 0 Å². The average Bonchev–Trinajstić information content (AvgIpc) is 4.19. The molecule has 0 N–H and O–H groups in total. The molecule has 0 bridgehead atoms. The number of hydrogen-bond acceptors (Lipinski definition) is 0. The molecule has 0 amide bonds. The SMILES string of the molecule is C(=C\CCCC1CCCC1)/CCCC1CCCC1.C=CCCC1CCCC1.C=CCCC1CCCC1.[CH2-]c1ccccc1.[CH2-]c1ccccc1.[CH2-]c1ccccc1.[CH2-]c1ccccc1.[CH3-].[CH3-].[CH3-].[CH3-].[Zr+4].[Zr+4]. The summed E-state index contributed by atoms with van der Waals surface area (Å²) >= 11 is 0. The molecule has 0 radical (unpaired) electrons. The minimum absolute atomic E-state index is 0. The van der Waals surface area contributed by atoms with Crippen LogP contribution in [0, 0.1) is 81.1 Å². The molecule has 384 valence electrons. The molecule has 0 nitrogen and oxygen atoms in total. The molecule has 4 saturated carbocycles. The van der Waals surface area contributed by atoms with Crippen molar-refractivity contribution in [2.24, 2.45) is 23.7 Å². The van der Waals surface area contributed by atoms with Gasteiger partial charge in [0.15, 0.2) is 0 Å². The molecule has 4 fully saturated rings. The van der Waals surface area contributed by atoms with Crippen molar-refractivity contribution in [1.82, 2.24) is 0 Å². The average molecular weight is 1100 g/mol. The first-order valence-corrected chi connectivity index (χ1v) is 25.7. The van der Waals surface area contributed by atoms with E-state index in [0.717, 1.165) is 45.9 Å². The van der Waals surface area contributed by atoms with E-state index in [-0.39, 0.29) is 82.1 Å². The molecular formula is C68H104Zr2. The van der Waals surface area contributed by atoms with E-state index in [4.69, 9.17) is 0 Å². The third-order valence-corrected chi connectivity index (χ3v) is 13.0. The van der Waals surface area contributed by atoms with E-state index in [1.54, 1.807) is 0 Å². The Labute approximate surface area is 477 Å². The Bertz CT molecular complexity index is 1390. The van der Waals surface area contributed by atoms with Gasteiger partial charge in [0.2, 0.25) is 0 Å². The zero-order valence-corrected chi connectivity index (χ0v) is 50.7. The van der Waals surface area contributed by atoms with Crippen molar-refractivity contribution in [3.05, 3.63) is 238 Å². The van der Waals surface area contributed by atoms with E-state index < -0.39 is 0 Å². The standard InChI is InChI=1S/C18H32.2C9H16.4C7H7.4CH3.2Zr/c1(3-5-11-17-13-7-8-14-17)2-4-6-12-18-15-9-10-16-18;2*1-2-3-6-9-7-4-5-8-9;4*1-7-5-3-2-4-6-7;;;;;;/h1-2,17-18H,3-16H2;2*2,9H,1,3-8H2;4*2-6H,1H2;4*1H3;;/q;;;8*-1;2*+4/b2-1+;;;;;;;;;;;;. The molecule has 0 aliphatic heterocycles. The van der Waals surface area contributed by atoms with Crippen LogP contribution in [0.15, 0.2) is 159 Å². The summed E-state index contributed by atoms with van der Waals surface area (Å²) in [6, 6.07) is 39.5. The van der Waals surface area contributed by atoms with Crippen LogP contribution in [-0.2, 0) is 52.4 Å². The molecule has 4 aromatic rings. The van der Waals surface area contributed by atoms with Gasteiger partial charge in [0.05, 0.1) is 0 Å². The fourth-order valence-corrected chi connectivity index (χ4v) is 9.10. The van der Waals surface area contributed by atoms with Crippen molar-refractivity contribution in [2.75, 3.05) is 0 Å². The number of hydrogen-bond donors (Lipinski definition) is 0. The molecule has 4 aliphatic carbocycles. The number of rotatable bonds is 14. The monoisotopic (exact) mass is 1100 g/mol. The third-order valence-electron chi connectivity index (χ3n) is 13.0. The summed E-state index contributed by atoms with van der Waals surface area (Å²) < 4.78 is 0. The second-order valence-electron chi connectivity index (χ2n) is 18.6. The second-order valence-corrected chi connectivity index (χ2v) is 18.6. The van der Waals surface area contributed by atoms with Crippen LogP contribution in [-0.4, -0.2) is 0 Å². The fourth-order valence-electron chi connectivity index (χ4n) is 9.10. The molecule has 0 heterocycles. The van der Waals surface area contributed by atoms with Gasteiger partial charge in [0.1, 0.15) is 0 Å². The van der Waals surface area contributed by atoms with E-state index in [2.05, 4.69) is 53.0 Å². The number of unbranched alkanes of at least 4 members (excludes halogenated alkanes) is 2. The summed E-state index contributed by atoms with van der Waals surface area (Å²) in [6.45, 7) is 22.3. The maximum Gasteiger partial charge on any atom is 4.00 e. The zero-order chi connectivity index (χ0) is 46.0. The van der Waals surface area contributed by atoms with Crippen molar-refractivity contribution in [3.63, 3.8) is 0 Å². The normalized spacial score (nSPS) is 14.5. The largest absolute Gasteiger partial charge is 4.00 e. The third kappa shape index (κ3) is 46.4. The first-order valence-electron chi connectivity index (χ1n) is 25.7. The summed E-state index contributed by atoms with van der Waals surface area (Å²) in [5.74, 6) is 4.26. The van der Waals surface area contributed by atoms with Crippen molar-refractivity contribution < 1.29 is 52.4 Å². The molecule has 8 rings (SSSR count). The second kappa shape index (κ2) is 55.7. The summed E-state index contributed by atoms with van der Waals surface area (Å²) in [6.07, 6.45) is 46.6. The zero-order valence-electron chi connectivity index (χ0n) is 45.8. The van der Waals surface area contributed by atoms with Gasteiger partial charge in [-0.05, 0) is 75.0 Å². The predicted octanol–water partition coefficient (Wildman–Crippen LogP) is 21.8. The maximum absolute atomic E-state index is 3.72. The Kier molecular flexibility index (Phi) is 60.6. The Balaban J connectivity index is -0.000000239. The van der Waals surface area contributed by atoms with Gasteiger partial charge in [0.25, 0.3) is 0 Å². The fraction of sp³-hybridized carbons (Fsp3) is 0.441. The summed E-state index contributed by atoms with van der Waals surface area (Å²) in [4.78, 5) is 0. The van der Waals surface area contributed by atoms with Crippen LogP contribution in [0.3, 0.4) is 0 Å². The first kappa shape index (κ1) is 76.3. The van der Waals surface area contributed by atoms with E-state index >= 15 is 0 Å². The predicted molar refractivity (Wildman–Crippen MR) is 313 cm³/mol. The topological polar surface area (TPSA) is 0 Å². The molecule has 70 heavy (non-hydrogen) atoms. The summed E-state index contributed by atoms with van der Waals surface area (Å²) in [5, 5.41) is 0. The van der Waals surface area contributed by atoms with Crippen molar-refractivity contribution in [3.8, 4) is 0 Å². The van der Waals surface area contributed by atoms with Crippen LogP contribution in [0.25, 0.3) is 0 Å². The molecule has 4 aliphatic rings. The van der Waals surface area contributed by atoms with Gasteiger partial charge in [-0.15, -0.1) is 61.7 Å². The molecule has 0 spiro atoms. The molecular weight excluding hydrogens is 999 g/mol. The van der Waals surface area contributed by atoms with Gasteiger partial charge in [-0.2, -0.15) is 98.5 Å². The van der Waals surface area contributed by atoms with Crippen LogP contribution >= 0.6 is 0 Å². The smallest absolute Gasteiger partial charge is 0.358 e. The minimum Gasteiger partial charge on any atom is -0.358 e. The summed E-state index contributed by atoms with van der Waals surface area (Å²) in [7, 11) is 0. The number of allylic oxidation sites excluding steroid dienone is 4. The van der Waals surface area contributed by atoms with Crippen LogP contribution in [0.4, 0.5) is 0 Å². The van der Waals surface area contributed by atoms with Gasteiger partial charge >= 0.3 is 52.4 Å². The van der Waals surface area contributed by atoms with Crippen LogP contribution in [0.1, 0.15) is 189 Å². The van der Waals surface area contributed by atoms with Gasteiger partial charge in [0, 0.05) is 0 Å². The maximum atomic E-state index is 3.72. The van der Waals surface area contributed by atoms with Gasteiger partial charge < -0.3 is 29.7 Å². The Morgan fingerprint density at radius 2 is 0.529 bits per heavy atom. The van der Waals surface area contributed by atoms with E-state index in [1.165, 1.54) is 167 Å².